The van der Waals surface area contributed by atoms with Gasteiger partial charge in [-0.1, -0.05) is 6.55 Å². The molecule has 0 N–H and O–H groups in total. The summed E-state index contributed by atoms with van der Waals surface area (Å²) in [5.74, 6) is 0. The van der Waals surface area contributed by atoms with Gasteiger partial charge in [-0.05, 0) is 12.2 Å². The van der Waals surface area contributed by atoms with Gasteiger partial charge in [-0.25, -0.2) is 0 Å². The Morgan fingerprint density at radius 2 is 2.57 bits per heavy atom. The normalized spacial score (nSPS) is 22.4. The topological polar surface area (TPSA) is 9.23 Å². The average molecular weight is 135 g/mol. The lowest BCUT2D eigenvalue weighted by Gasteiger charge is -2.01. The SMILES string of the molecule is [2H][Si](C)(C[SiH2]C)OC. The molecule has 0 aliphatic carbocycles. The molecule has 1 atom stereocenters. The highest BCUT2D eigenvalue weighted by molar-refractivity contribution is 6.63. The molecule has 0 aromatic carbocycles. The van der Waals surface area contributed by atoms with Crippen molar-refractivity contribution in [3.63, 3.8) is 0 Å². The van der Waals surface area contributed by atoms with E-state index in [-0.39, 0.29) is 9.52 Å². The Morgan fingerprint density at radius 3 is 2.71 bits per heavy atom. The minimum atomic E-state index is -1.87. The van der Waals surface area contributed by atoms with Gasteiger partial charge in [0.2, 0.25) is 0 Å². The summed E-state index contributed by atoms with van der Waals surface area (Å²) in [6.07, 6.45) is 0. The van der Waals surface area contributed by atoms with Crippen molar-refractivity contribution in [1.29, 1.82) is 1.23 Å². The third-order valence-electron chi connectivity index (χ3n) is 0.951. The fourth-order valence-corrected chi connectivity index (χ4v) is 4.09. The molecule has 0 fully saturated rings. The molecule has 0 amide bonds. The molecular formula is C4H14OSi2. The first-order valence-corrected chi connectivity index (χ1v) is 7.20. The van der Waals surface area contributed by atoms with Gasteiger partial charge >= 0.3 is 0 Å². The van der Waals surface area contributed by atoms with Gasteiger partial charge in [-0.3, -0.25) is 0 Å². The van der Waals surface area contributed by atoms with Gasteiger partial charge < -0.3 is 4.43 Å². The van der Waals surface area contributed by atoms with Crippen LogP contribution in [0.5, 0.6) is 0 Å². The van der Waals surface area contributed by atoms with Crippen molar-refractivity contribution >= 4 is 18.5 Å². The van der Waals surface area contributed by atoms with Crippen molar-refractivity contribution in [3.05, 3.63) is 0 Å². The Balaban J connectivity index is 3.37. The van der Waals surface area contributed by atoms with Crippen molar-refractivity contribution in [2.24, 2.45) is 0 Å². The summed E-state index contributed by atoms with van der Waals surface area (Å²) in [7, 11) is -0.161. The molecule has 0 heterocycles. The fourth-order valence-electron chi connectivity index (χ4n) is 0.454. The summed E-state index contributed by atoms with van der Waals surface area (Å²) in [6, 6.07) is 0. The molecule has 0 bridgehead atoms. The lowest BCUT2D eigenvalue weighted by atomic mass is 11.8. The van der Waals surface area contributed by atoms with E-state index in [9.17, 15) is 0 Å². The van der Waals surface area contributed by atoms with E-state index in [4.69, 9.17) is 5.66 Å². The van der Waals surface area contributed by atoms with Gasteiger partial charge in [0.25, 0.3) is 0 Å². The van der Waals surface area contributed by atoms with Crippen molar-refractivity contribution in [1.82, 2.24) is 0 Å². The smallest absolute Gasteiger partial charge is 0.170 e. The number of rotatable bonds is 3. The molecule has 1 unspecified atom stereocenters. The van der Waals surface area contributed by atoms with Gasteiger partial charge in [0.05, 0.1) is 0 Å². The summed E-state index contributed by atoms with van der Waals surface area (Å²) >= 11 is 0. The monoisotopic (exact) mass is 135 g/mol. The molecule has 0 aromatic rings. The largest absolute Gasteiger partial charge is 0.424 e. The van der Waals surface area contributed by atoms with Crippen molar-refractivity contribution in [2.75, 3.05) is 7.11 Å². The van der Waals surface area contributed by atoms with Crippen molar-refractivity contribution in [2.45, 2.75) is 18.8 Å². The van der Waals surface area contributed by atoms with Crippen LogP contribution in [0.4, 0.5) is 0 Å². The van der Waals surface area contributed by atoms with Crippen LogP contribution in [0.25, 0.3) is 0 Å². The summed E-state index contributed by atoms with van der Waals surface area (Å²) < 4.78 is 12.5. The Labute approximate surface area is 50.8 Å². The molecule has 0 aliphatic rings. The van der Waals surface area contributed by atoms with Gasteiger partial charge in [-0.15, -0.1) is 0 Å². The highest BCUT2D eigenvalue weighted by Gasteiger charge is 1.96. The van der Waals surface area contributed by atoms with E-state index in [1.54, 1.807) is 7.11 Å². The summed E-state index contributed by atoms with van der Waals surface area (Å²) in [5, 5.41) is 0. The third-order valence-corrected chi connectivity index (χ3v) is 6.46. The van der Waals surface area contributed by atoms with Crippen LogP contribution >= 0.6 is 0 Å². The summed E-state index contributed by atoms with van der Waals surface area (Å²) in [6.45, 7) is 4.17. The maximum atomic E-state index is 7.53. The van der Waals surface area contributed by atoms with Gasteiger partial charge in [0.15, 0.2) is 8.97 Å². The zero-order valence-electron chi connectivity index (χ0n) is 6.32. The second kappa shape index (κ2) is 4.55. The van der Waals surface area contributed by atoms with E-state index in [0.29, 0.717) is 0 Å². The van der Waals surface area contributed by atoms with Gasteiger partial charge in [0.1, 0.15) is 0 Å². The quantitative estimate of drug-likeness (QED) is 0.501. The first-order valence-electron chi connectivity index (χ1n) is 3.17. The molecule has 1 nitrogen and oxygen atoms in total. The summed E-state index contributed by atoms with van der Waals surface area (Å²) in [5.41, 5.74) is 1.09. The fraction of sp³-hybridized carbons (Fsp3) is 1.00. The highest BCUT2D eigenvalue weighted by atomic mass is 28.3. The third kappa shape index (κ3) is 4.24. The molecule has 0 saturated carbocycles. The Morgan fingerprint density at radius 1 is 2.00 bits per heavy atom. The van der Waals surface area contributed by atoms with Crippen LogP contribution in [0, 0.1) is 0 Å². The van der Waals surface area contributed by atoms with E-state index in [1.165, 1.54) is 0 Å². The minimum absolute atomic E-state index is 0.0481. The van der Waals surface area contributed by atoms with Crippen LogP contribution in [-0.4, -0.2) is 26.8 Å². The maximum absolute atomic E-state index is 7.53. The van der Waals surface area contributed by atoms with Crippen LogP contribution in [0.3, 0.4) is 0 Å². The lowest BCUT2D eigenvalue weighted by molar-refractivity contribution is 0.428. The molecule has 44 valence electrons. The zero-order chi connectivity index (χ0) is 6.62. The number of hydrogen-bond acceptors (Lipinski definition) is 1. The first kappa shape index (κ1) is 5.53. The van der Waals surface area contributed by atoms with E-state index in [1.807, 2.05) is 6.55 Å². The second-order valence-electron chi connectivity index (χ2n) is 1.66. The minimum Gasteiger partial charge on any atom is -0.424 e. The Kier molecular flexibility index (Phi) is 3.59. The van der Waals surface area contributed by atoms with Crippen molar-refractivity contribution < 1.29 is 4.43 Å². The van der Waals surface area contributed by atoms with Crippen molar-refractivity contribution in [3.8, 4) is 0 Å². The first-order chi connectivity index (χ1) is 3.62. The van der Waals surface area contributed by atoms with Crippen LogP contribution < -0.4 is 0 Å². The molecule has 0 spiro atoms. The molecule has 7 heavy (non-hydrogen) atoms. The molecule has 0 aromatic heterocycles. The predicted octanol–water partition coefficient (Wildman–Crippen LogP) is 0.161. The molecule has 0 rings (SSSR count). The molecular weight excluding hydrogens is 120 g/mol. The molecule has 0 aliphatic heterocycles. The lowest BCUT2D eigenvalue weighted by Crippen LogP contribution is -2.11. The van der Waals surface area contributed by atoms with E-state index < -0.39 is 8.97 Å². The highest BCUT2D eigenvalue weighted by Crippen LogP contribution is 1.87. The molecule has 3 heteroatoms. The number of hydrogen-bond donors (Lipinski definition) is 0. The Hall–Kier alpha value is 0.394. The second-order valence-corrected chi connectivity index (χ2v) is 6.47. The van der Waals surface area contributed by atoms with Gasteiger partial charge in [0, 0.05) is 17.9 Å². The van der Waals surface area contributed by atoms with E-state index in [0.717, 1.165) is 5.67 Å². The predicted molar refractivity (Wildman–Crippen MR) is 39.2 cm³/mol. The van der Waals surface area contributed by atoms with Crippen LogP contribution in [0.2, 0.25) is 18.8 Å². The van der Waals surface area contributed by atoms with Gasteiger partial charge in [-0.2, -0.15) is 0 Å². The van der Waals surface area contributed by atoms with E-state index >= 15 is 0 Å². The standard InChI is InChI=1S/C4H14OSi2/c1-5-7(3)4-6-2/h7H,4,6H2,1-3H3/i7D. The van der Waals surface area contributed by atoms with Crippen LogP contribution in [0.15, 0.2) is 0 Å². The summed E-state index contributed by atoms with van der Waals surface area (Å²) in [4.78, 5) is 0. The van der Waals surface area contributed by atoms with E-state index in [2.05, 4.69) is 6.55 Å². The molecule has 0 radical (unpaired) electrons. The van der Waals surface area contributed by atoms with Crippen LogP contribution in [-0.2, 0) is 4.43 Å². The van der Waals surface area contributed by atoms with Crippen LogP contribution in [0.1, 0.15) is 0 Å². The maximum Gasteiger partial charge on any atom is 0.170 e. The molecule has 0 saturated heterocycles. The Bertz CT molecular complexity index is 67.1. The zero-order valence-corrected chi connectivity index (χ0v) is 7.74. The average Bonchev–Trinajstić information content (AvgIpc) is 1.67.